The summed E-state index contributed by atoms with van der Waals surface area (Å²) in [4.78, 5) is 8.84. The second-order valence-electron chi connectivity index (χ2n) is 7.69. The van der Waals surface area contributed by atoms with Crippen molar-refractivity contribution in [2.75, 3.05) is 17.7 Å². The lowest BCUT2D eigenvalue weighted by atomic mass is 9.48. The first-order valence-corrected chi connectivity index (χ1v) is 8.43. The number of hydrogen-bond acceptors (Lipinski definition) is 4. The molecule has 1 atom stereocenters. The highest BCUT2D eigenvalue weighted by molar-refractivity contribution is 5.42. The lowest BCUT2D eigenvalue weighted by Gasteiger charge is -2.59. The topological polar surface area (TPSA) is 49.8 Å². The molecular weight excluding hydrogens is 260 g/mol. The van der Waals surface area contributed by atoms with Crippen molar-refractivity contribution < 1.29 is 0 Å². The fourth-order valence-corrected chi connectivity index (χ4v) is 5.64. The van der Waals surface area contributed by atoms with E-state index in [0.717, 1.165) is 29.4 Å². The molecule has 0 amide bonds. The molecule has 0 radical (unpaired) electrons. The number of hydrogen-bond donors (Lipinski definition) is 2. The van der Waals surface area contributed by atoms with Crippen LogP contribution in [0.2, 0.25) is 0 Å². The van der Waals surface area contributed by atoms with Crippen LogP contribution in [-0.2, 0) is 0 Å². The SMILES string of the molecule is CNc1cncc(NC(C)C23CC4CC(CC(C4)C2)C3)n1. The first kappa shape index (κ1) is 13.4. The van der Waals surface area contributed by atoms with Gasteiger partial charge in [-0.05, 0) is 68.6 Å². The maximum absolute atomic E-state index is 4.57. The van der Waals surface area contributed by atoms with Crippen molar-refractivity contribution in [1.29, 1.82) is 0 Å². The Morgan fingerprint density at radius 3 is 2.19 bits per heavy atom. The molecule has 5 rings (SSSR count). The predicted molar refractivity (Wildman–Crippen MR) is 85.3 cm³/mol. The third-order valence-electron chi connectivity index (χ3n) is 6.26. The van der Waals surface area contributed by atoms with E-state index in [1.807, 2.05) is 13.2 Å². The molecule has 4 aliphatic carbocycles. The summed E-state index contributed by atoms with van der Waals surface area (Å²) in [5, 5.41) is 6.72. The molecule has 2 N–H and O–H groups in total. The summed E-state index contributed by atoms with van der Waals surface area (Å²) >= 11 is 0. The van der Waals surface area contributed by atoms with Crippen LogP contribution in [0.3, 0.4) is 0 Å². The van der Waals surface area contributed by atoms with Gasteiger partial charge in [-0.2, -0.15) is 0 Å². The molecule has 21 heavy (non-hydrogen) atoms. The van der Waals surface area contributed by atoms with Gasteiger partial charge in [0.05, 0.1) is 12.4 Å². The van der Waals surface area contributed by atoms with Gasteiger partial charge >= 0.3 is 0 Å². The quantitative estimate of drug-likeness (QED) is 0.889. The third-order valence-corrected chi connectivity index (χ3v) is 6.26. The van der Waals surface area contributed by atoms with E-state index in [1.165, 1.54) is 38.5 Å². The lowest BCUT2D eigenvalue weighted by molar-refractivity contribution is -0.0603. The van der Waals surface area contributed by atoms with E-state index in [0.29, 0.717) is 11.5 Å². The standard InChI is InChI=1S/C17H26N4/c1-11(20-16-10-19-9-15(18-2)21-16)17-6-12-3-13(7-17)5-14(4-12)8-17/h9-14H,3-8H2,1-2H3,(H2,18,20,21). The van der Waals surface area contributed by atoms with E-state index in [1.54, 1.807) is 6.20 Å². The molecule has 1 heterocycles. The fourth-order valence-electron chi connectivity index (χ4n) is 5.64. The zero-order valence-electron chi connectivity index (χ0n) is 13.1. The van der Waals surface area contributed by atoms with E-state index in [4.69, 9.17) is 0 Å². The van der Waals surface area contributed by atoms with Crippen molar-refractivity contribution in [2.24, 2.45) is 23.2 Å². The molecule has 0 spiro atoms. The van der Waals surface area contributed by atoms with Crippen molar-refractivity contribution in [2.45, 2.75) is 51.5 Å². The van der Waals surface area contributed by atoms with E-state index >= 15 is 0 Å². The minimum Gasteiger partial charge on any atom is -0.372 e. The van der Waals surface area contributed by atoms with Gasteiger partial charge in [-0.25, -0.2) is 4.98 Å². The van der Waals surface area contributed by atoms with Crippen LogP contribution in [0, 0.1) is 23.2 Å². The summed E-state index contributed by atoms with van der Waals surface area (Å²) in [5.41, 5.74) is 0.506. The van der Waals surface area contributed by atoms with Crippen LogP contribution in [0.15, 0.2) is 12.4 Å². The molecular formula is C17H26N4. The second-order valence-corrected chi connectivity index (χ2v) is 7.69. The van der Waals surface area contributed by atoms with Crippen molar-refractivity contribution in [1.82, 2.24) is 9.97 Å². The van der Waals surface area contributed by atoms with Crippen molar-refractivity contribution in [3.05, 3.63) is 12.4 Å². The van der Waals surface area contributed by atoms with Crippen LogP contribution < -0.4 is 10.6 Å². The zero-order chi connectivity index (χ0) is 14.4. The molecule has 1 aromatic heterocycles. The van der Waals surface area contributed by atoms with Crippen LogP contribution in [0.1, 0.15) is 45.4 Å². The van der Waals surface area contributed by atoms with Gasteiger partial charge in [-0.15, -0.1) is 0 Å². The van der Waals surface area contributed by atoms with Crippen molar-refractivity contribution in [3.63, 3.8) is 0 Å². The van der Waals surface area contributed by atoms with E-state index in [9.17, 15) is 0 Å². The van der Waals surface area contributed by atoms with Gasteiger partial charge in [-0.3, -0.25) is 4.98 Å². The Morgan fingerprint density at radius 2 is 1.62 bits per heavy atom. The van der Waals surface area contributed by atoms with Gasteiger partial charge in [0.2, 0.25) is 0 Å². The Kier molecular flexibility index (Phi) is 3.09. The maximum Gasteiger partial charge on any atom is 0.147 e. The number of aromatic nitrogens is 2. The third kappa shape index (κ3) is 2.29. The van der Waals surface area contributed by atoms with Crippen molar-refractivity contribution >= 4 is 11.6 Å². The monoisotopic (exact) mass is 286 g/mol. The van der Waals surface area contributed by atoms with Crippen LogP contribution >= 0.6 is 0 Å². The number of nitrogens with zero attached hydrogens (tertiary/aromatic N) is 2. The van der Waals surface area contributed by atoms with E-state index < -0.39 is 0 Å². The maximum atomic E-state index is 4.57. The summed E-state index contributed by atoms with van der Waals surface area (Å²) < 4.78 is 0. The second kappa shape index (κ2) is 4.85. The average molecular weight is 286 g/mol. The lowest BCUT2D eigenvalue weighted by Crippen LogP contribution is -2.53. The first-order valence-electron chi connectivity index (χ1n) is 8.43. The molecule has 4 bridgehead atoms. The molecule has 1 unspecified atom stereocenters. The predicted octanol–water partition coefficient (Wildman–Crippen LogP) is 3.54. The molecule has 4 nitrogen and oxygen atoms in total. The van der Waals surface area contributed by atoms with E-state index in [2.05, 4.69) is 27.5 Å². The molecule has 4 fully saturated rings. The number of rotatable bonds is 4. The van der Waals surface area contributed by atoms with Gasteiger partial charge in [0.25, 0.3) is 0 Å². The summed E-state index contributed by atoms with van der Waals surface area (Å²) in [7, 11) is 1.89. The smallest absolute Gasteiger partial charge is 0.147 e. The van der Waals surface area contributed by atoms with Gasteiger partial charge in [-0.1, -0.05) is 0 Å². The molecule has 114 valence electrons. The van der Waals surface area contributed by atoms with E-state index in [-0.39, 0.29) is 0 Å². The molecule has 4 aliphatic rings. The number of nitrogens with one attached hydrogen (secondary N) is 2. The van der Waals surface area contributed by atoms with Crippen LogP contribution in [0.25, 0.3) is 0 Å². The normalized spacial score (nSPS) is 38.3. The minimum atomic E-state index is 0.493. The Bertz CT molecular complexity index is 492. The highest BCUT2D eigenvalue weighted by atomic mass is 15.1. The Morgan fingerprint density at radius 1 is 1.05 bits per heavy atom. The number of anilines is 2. The largest absolute Gasteiger partial charge is 0.372 e. The minimum absolute atomic E-state index is 0.493. The summed E-state index contributed by atoms with van der Waals surface area (Å²) in [6.07, 6.45) is 12.4. The highest BCUT2D eigenvalue weighted by Gasteiger charge is 2.53. The highest BCUT2D eigenvalue weighted by Crippen LogP contribution is 2.61. The van der Waals surface area contributed by atoms with Gasteiger partial charge in [0, 0.05) is 13.1 Å². The molecule has 0 aromatic carbocycles. The average Bonchev–Trinajstić information content (AvgIpc) is 2.46. The molecule has 4 heteroatoms. The molecule has 4 saturated carbocycles. The Balaban J connectivity index is 1.53. The van der Waals surface area contributed by atoms with Gasteiger partial charge in [0.15, 0.2) is 0 Å². The van der Waals surface area contributed by atoms with Gasteiger partial charge in [0.1, 0.15) is 11.6 Å². The van der Waals surface area contributed by atoms with Crippen LogP contribution in [0.4, 0.5) is 11.6 Å². The summed E-state index contributed by atoms with van der Waals surface area (Å²) in [6, 6.07) is 0.493. The Labute approximate surface area is 127 Å². The van der Waals surface area contributed by atoms with Crippen LogP contribution in [0.5, 0.6) is 0 Å². The summed E-state index contributed by atoms with van der Waals surface area (Å²) in [6.45, 7) is 2.36. The zero-order valence-corrected chi connectivity index (χ0v) is 13.1. The Hall–Kier alpha value is -1.32. The molecule has 1 aromatic rings. The molecule has 0 aliphatic heterocycles. The van der Waals surface area contributed by atoms with Crippen LogP contribution in [-0.4, -0.2) is 23.1 Å². The van der Waals surface area contributed by atoms with Gasteiger partial charge < -0.3 is 10.6 Å². The fraction of sp³-hybridized carbons (Fsp3) is 0.765. The molecule has 0 saturated heterocycles. The summed E-state index contributed by atoms with van der Waals surface area (Å²) in [5.74, 6) is 4.73. The first-order chi connectivity index (χ1) is 10.2. The van der Waals surface area contributed by atoms with Crippen molar-refractivity contribution in [3.8, 4) is 0 Å².